The molecule has 0 aliphatic rings. The van der Waals surface area contributed by atoms with Gasteiger partial charge in [-0.1, -0.05) is 26.0 Å². The highest BCUT2D eigenvalue weighted by Gasteiger charge is 2.12. The zero-order valence-corrected chi connectivity index (χ0v) is 18.3. The summed E-state index contributed by atoms with van der Waals surface area (Å²) in [5, 5.41) is 2.94. The fourth-order valence-corrected chi connectivity index (χ4v) is 3.47. The second-order valence-electron chi connectivity index (χ2n) is 7.42. The van der Waals surface area contributed by atoms with Gasteiger partial charge in [-0.05, 0) is 56.3 Å². The highest BCUT2D eigenvalue weighted by molar-refractivity contribution is 5.90. The van der Waals surface area contributed by atoms with E-state index < -0.39 is 0 Å². The molecule has 3 aromatic rings. The molecule has 2 aromatic heterocycles. The summed E-state index contributed by atoms with van der Waals surface area (Å²) >= 11 is 0. The quantitative estimate of drug-likeness (QED) is 0.553. The van der Waals surface area contributed by atoms with Crippen LogP contribution in [0.3, 0.4) is 0 Å². The first kappa shape index (κ1) is 22.4. The Hall–Kier alpha value is -3.32. The molecule has 0 spiro atoms. The van der Waals surface area contributed by atoms with Crippen LogP contribution in [0, 0.1) is 6.92 Å². The van der Waals surface area contributed by atoms with Crippen LogP contribution in [0.15, 0.2) is 53.6 Å². The van der Waals surface area contributed by atoms with E-state index in [2.05, 4.69) is 45.1 Å². The standard InChI is InChI=1S/C24H29N5O2/c1-4-29(5-2)16-18-7-6-8-20(15-18)27-22(30)10-9-21-17(3)26-23(28-24(21)31)19-11-13-25-14-12-19/h6-8,11-15H,4-5,9-10,16H2,1-3H3,(H,27,30)(H,26,28,31). The summed E-state index contributed by atoms with van der Waals surface area (Å²) in [6, 6.07) is 11.5. The predicted molar refractivity (Wildman–Crippen MR) is 123 cm³/mol. The first-order chi connectivity index (χ1) is 15.0. The van der Waals surface area contributed by atoms with Gasteiger partial charge in [0.25, 0.3) is 5.56 Å². The number of rotatable bonds is 9. The van der Waals surface area contributed by atoms with Gasteiger partial charge in [-0.25, -0.2) is 4.98 Å². The van der Waals surface area contributed by atoms with E-state index in [1.54, 1.807) is 31.5 Å². The minimum absolute atomic E-state index is 0.128. The van der Waals surface area contributed by atoms with Crippen LogP contribution in [0.2, 0.25) is 0 Å². The predicted octanol–water partition coefficient (Wildman–Crippen LogP) is 3.55. The summed E-state index contributed by atoms with van der Waals surface area (Å²) in [6.07, 6.45) is 3.84. The van der Waals surface area contributed by atoms with E-state index >= 15 is 0 Å². The molecule has 3 rings (SSSR count). The van der Waals surface area contributed by atoms with E-state index in [1.807, 2.05) is 18.2 Å². The van der Waals surface area contributed by atoms with Gasteiger partial charge in [-0.2, -0.15) is 0 Å². The van der Waals surface area contributed by atoms with Gasteiger partial charge in [0.15, 0.2) is 0 Å². The van der Waals surface area contributed by atoms with E-state index in [0.717, 1.165) is 36.4 Å². The second kappa shape index (κ2) is 10.6. The first-order valence-electron chi connectivity index (χ1n) is 10.6. The number of anilines is 1. The van der Waals surface area contributed by atoms with Crippen molar-refractivity contribution in [2.75, 3.05) is 18.4 Å². The number of aromatic nitrogens is 3. The zero-order chi connectivity index (χ0) is 22.2. The molecule has 0 saturated heterocycles. The third kappa shape index (κ3) is 6.08. The van der Waals surface area contributed by atoms with Crippen molar-refractivity contribution < 1.29 is 4.79 Å². The Morgan fingerprint density at radius 2 is 1.87 bits per heavy atom. The smallest absolute Gasteiger partial charge is 0.254 e. The van der Waals surface area contributed by atoms with Crippen LogP contribution in [-0.4, -0.2) is 38.8 Å². The maximum absolute atomic E-state index is 12.6. The van der Waals surface area contributed by atoms with Crippen LogP contribution < -0.4 is 10.9 Å². The Bertz CT molecular complexity index is 1070. The van der Waals surface area contributed by atoms with Gasteiger partial charge < -0.3 is 10.3 Å². The van der Waals surface area contributed by atoms with Crippen molar-refractivity contribution in [3.8, 4) is 11.4 Å². The van der Waals surface area contributed by atoms with Gasteiger partial charge in [0.2, 0.25) is 5.91 Å². The Morgan fingerprint density at radius 3 is 2.55 bits per heavy atom. The van der Waals surface area contributed by atoms with E-state index in [0.29, 0.717) is 23.5 Å². The van der Waals surface area contributed by atoms with E-state index in [1.165, 1.54) is 0 Å². The topological polar surface area (TPSA) is 91.0 Å². The van der Waals surface area contributed by atoms with Crippen LogP contribution >= 0.6 is 0 Å². The Balaban J connectivity index is 1.63. The van der Waals surface area contributed by atoms with Crippen molar-refractivity contribution in [1.82, 2.24) is 19.9 Å². The number of hydrogen-bond donors (Lipinski definition) is 2. The van der Waals surface area contributed by atoms with Crippen molar-refractivity contribution in [3.05, 3.63) is 76.0 Å². The number of H-pyrrole nitrogens is 1. The molecule has 2 heterocycles. The number of benzene rings is 1. The van der Waals surface area contributed by atoms with Gasteiger partial charge in [0.05, 0.1) is 0 Å². The van der Waals surface area contributed by atoms with E-state index in [4.69, 9.17) is 0 Å². The molecule has 7 heteroatoms. The van der Waals surface area contributed by atoms with Gasteiger partial charge in [0, 0.05) is 47.9 Å². The molecule has 0 aliphatic heterocycles. The van der Waals surface area contributed by atoms with Crippen LogP contribution in [0.4, 0.5) is 5.69 Å². The fourth-order valence-electron chi connectivity index (χ4n) is 3.47. The molecule has 0 saturated carbocycles. The van der Waals surface area contributed by atoms with Crippen LogP contribution in [-0.2, 0) is 17.8 Å². The molecule has 1 aromatic carbocycles. The second-order valence-corrected chi connectivity index (χ2v) is 7.42. The average Bonchev–Trinajstić information content (AvgIpc) is 2.77. The van der Waals surface area contributed by atoms with Crippen LogP contribution in [0.5, 0.6) is 0 Å². The minimum atomic E-state index is -0.215. The highest BCUT2D eigenvalue weighted by Crippen LogP contribution is 2.15. The van der Waals surface area contributed by atoms with Crippen molar-refractivity contribution in [2.24, 2.45) is 0 Å². The molecule has 0 atom stereocenters. The molecule has 0 radical (unpaired) electrons. The number of aromatic amines is 1. The molecule has 162 valence electrons. The van der Waals surface area contributed by atoms with Crippen LogP contribution in [0.25, 0.3) is 11.4 Å². The molecular formula is C24H29N5O2. The minimum Gasteiger partial charge on any atom is -0.326 e. The number of nitrogens with zero attached hydrogens (tertiary/aromatic N) is 3. The molecule has 2 N–H and O–H groups in total. The van der Waals surface area contributed by atoms with Gasteiger partial charge in [0.1, 0.15) is 5.82 Å². The number of carbonyl (C=O) groups is 1. The molecule has 0 fully saturated rings. The maximum atomic E-state index is 12.6. The number of nitrogens with one attached hydrogen (secondary N) is 2. The summed E-state index contributed by atoms with van der Waals surface area (Å²) in [7, 11) is 0. The molecular weight excluding hydrogens is 390 g/mol. The summed E-state index contributed by atoms with van der Waals surface area (Å²) in [6.45, 7) is 8.88. The lowest BCUT2D eigenvalue weighted by atomic mass is 10.1. The number of pyridine rings is 1. The van der Waals surface area contributed by atoms with Crippen molar-refractivity contribution in [3.63, 3.8) is 0 Å². The third-order valence-corrected chi connectivity index (χ3v) is 5.29. The lowest BCUT2D eigenvalue weighted by Crippen LogP contribution is -2.22. The number of aryl methyl sites for hydroxylation is 1. The molecule has 31 heavy (non-hydrogen) atoms. The summed E-state index contributed by atoms with van der Waals surface area (Å²) < 4.78 is 0. The highest BCUT2D eigenvalue weighted by atomic mass is 16.1. The fraction of sp³-hybridized carbons (Fsp3) is 0.333. The lowest BCUT2D eigenvalue weighted by molar-refractivity contribution is -0.116. The normalized spacial score (nSPS) is 11.0. The summed E-state index contributed by atoms with van der Waals surface area (Å²) in [5.74, 6) is 0.375. The summed E-state index contributed by atoms with van der Waals surface area (Å²) in [5.41, 5.74) is 3.67. The third-order valence-electron chi connectivity index (χ3n) is 5.29. The number of carbonyl (C=O) groups excluding carboxylic acids is 1. The van der Waals surface area contributed by atoms with Gasteiger partial charge in [-0.15, -0.1) is 0 Å². The van der Waals surface area contributed by atoms with E-state index in [-0.39, 0.29) is 17.9 Å². The molecule has 0 aliphatic carbocycles. The zero-order valence-electron chi connectivity index (χ0n) is 18.3. The molecule has 1 amide bonds. The number of hydrogen-bond acceptors (Lipinski definition) is 5. The van der Waals surface area contributed by atoms with Crippen molar-refractivity contribution in [2.45, 2.75) is 40.2 Å². The lowest BCUT2D eigenvalue weighted by Gasteiger charge is -2.18. The summed E-state index contributed by atoms with van der Waals surface area (Å²) in [4.78, 5) is 38.7. The Labute approximate surface area is 182 Å². The van der Waals surface area contributed by atoms with E-state index in [9.17, 15) is 9.59 Å². The van der Waals surface area contributed by atoms with Crippen LogP contribution in [0.1, 0.15) is 37.1 Å². The Kier molecular flexibility index (Phi) is 7.67. The van der Waals surface area contributed by atoms with Gasteiger partial charge >= 0.3 is 0 Å². The number of amides is 1. The Morgan fingerprint density at radius 1 is 1.13 bits per heavy atom. The van der Waals surface area contributed by atoms with Crippen molar-refractivity contribution in [1.29, 1.82) is 0 Å². The molecule has 0 unspecified atom stereocenters. The average molecular weight is 420 g/mol. The monoisotopic (exact) mass is 419 g/mol. The van der Waals surface area contributed by atoms with Crippen molar-refractivity contribution >= 4 is 11.6 Å². The first-order valence-corrected chi connectivity index (χ1v) is 10.6. The maximum Gasteiger partial charge on any atom is 0.254 e. The molecule has 0 bridgehead atoms. The largest absolute Gasteiger partial charge is 0.326 e. The SMILES string of the molecule is CCN(CC)Cc1cccc(NC(=O)CCc2c(C)nc(-c3ccncc3)[nH]c2=O)c1. The van der Waals surface area contributed by atoms with Gasteiger partial charge in [-0.3, -0.25) is 19.5 Å². The molecule has 7 nitrogen and oxygen atoms in total.